The molecule has 1 unspecified atom stereocenters. The maximum Gasteiger partial charge on any atom is 0.328 e. The molecule has 0 aromatic rings. The molecule has 0 spiro atoms. The molecule has 58 valence electrons. The largest absolute Gasteiger partial charge is 0.478 e. The van der Waals surface area contributed by atoms with Crippen molar-refractivity contribution in [1.29, 1.82) is 0 Å². The Hall–Kier alpha value is -0.480. The van der Waals surface area contributed by atoms with Crippen LogP contribution in [0.1, 0.15) is 6.92 Å². The average Bonchev–Trinajstić information content (AvgIpc) is 1.87. The van der Waals surface area contributed by atoms with E-state index < -0.39 is 5.97 Å². The maximum atomic E-state index is 9.91. The maximum absolute atomic E-state index is 9.91. The molecule has 0 saturated heterocycles. The third kappa shape index (κ3) is 5.65. The van der Waals surface area contributed by atoms with Crippen LogP contribution in [0.2, 0.25) is 0 Å². The van der Waals surface area contributed by atoms with Crippen molar-refractivity contribution in [1.82, 2.24) is 0 Å². The van der Waals surface area contributed by atoms with Crippen molar-refractivity contribution in [3.05, 3.63) is 11.5 Å². The van der Waals surface area contributed by atoms with E-state index in [1.165, 1.54) is 17.2 Å². The van der Waals surface area contributed by atoms with Crippen LogP contribution in [0.4, 0.5) is 0 Å². The van der Waals surface area contributed by atoms with Gasteiger partial charge in [0.25, 0.3) is 0 Å². The van der Waals surface area contributed by atoms with Crippen LogP contribution in [-0.2, 0) is 4.79 Å². The molecule has 0 rings (SSSR count). The van der Waals surface area contributed by atoms with E-state index in [1.54, 1.807) is 0 Å². The lowest BCUT2D eigenvalue weighted by Gasteiger charge is -1.99. The highest BCUT2D eigenvalue weighted by Gasteiger charge is 1.95. The fourth-order valence-corrected chi connectivity index (χ4v) is 0.824. The van der Waals surface area contributed by atoms with Crippen LogP contribution in [0.15, 0.2) is 11.5 Å². The Morgan fingerprint density at radius 1 is 1.80 bits per heavy atom. The first kappa shape index (κ1) is 9.52. The molecule has 1 atom stereocenters. The smallest absolute Gasteiger partial charge is 0.328 e. The molecule has 0 aliphatic carbocycles. The predicted octanol–water partition coefficient (Wildman–Crippen LogP) is 0.699. The summed E-state index contributed by atoms with van der Waals surface area (Å²) < 4.78 is 0. The molecule has 0 fully saturated rings. The Morgan fingerprint density at radius 2 is 2.40 bits per heavy atom. The molecule has 0 aliphatic rings. The third-order valence-corrected chi connectivity index (χ3v) is 1.69. The van der Waals surface area contributed by atoms with E-state index in [0.29, 0.717) is 0 Å². The number of aliphatic hydroxyl groups excluding tert-OH is 1. The SMILES string of the molecule is CC(CO)S/C=C/C(=O)O. The highest BCUT2D eigenvalue weighted by atomic mass is 32.2. The van der Waals surface area contributed by atoms with Gasteiger partial charge in [-0.15, -0.1) is 11.8 Å². The van der Waals surface area contributed by atoms with Gasteiger partial charge in [0.2, 0.25) is 0 Å². The lowest BCUT2D eigenvalue weighted by atomic mass is 10.5. The summed E-state index contributed by atoms with van der Waals surface area (Å²) in [7, 11) is 0. The molecule has 0 saturated carbocycles. The minimum absolute atomic E-state index is 0.0641. The van der Waals surface area contributed by atoms with Crippen molar-refractivity contribution in [3.8, 4) is 0 Å². The van der Waals surface area contributed by atoms with Gasteiger partial charge in [0.1, 0.15) is 0 Å². The molecule has 0 aliphatic heterocycles. The van der Waals surface area contributed by atoms with Crippen molar-refractivity contribution >= 4 is 17.7 Å². The fourth-order valence-electron chi connectivity index (χ4n) is 0.275. The molecule has 0 aromatic carbocycles. The number of hydrogen-bond acceptors (Lipinski definition) is 3. The van der Waals surface area contributed by atoms with Crippen LogP contribution >= 0.6 is 11.8 Å². The summed E-state index contributed by atoms with van der Waals surface area (Å²) in [4.78, 5) is 9.91. The summed E-state index contributed by atoms with van der Waals surface area (Å²) in [6.07, 6.45) is 1.05. The summed E-state index contributed by atoms with van der Waals surface area (Å²) in [5.41, 5.74) is 0. The van der Waals surface area contributed by atoms with Crippen LogP contribution in [-0.4, -0.2) is 28.0 Å². The van der Waals surface area contributed by atoms with Crippen LogP contribution in [0.25, 0.3) is 0 Å². The average molecular weight is 162 g/mol. The molecular formula is C6H10O3S. The Labute approximate surface area is 63.7 Å². The van der Waals surface area contributed by atoms with Crippen molar-refractivity contribution < 1.29 is 15.0 Å². The topological polar surface area (TPSA) is 57.5 Å². The van der Waals surface area contributed by atoms with E-state index in [2.05, 4.69) is 0 Å². The minimum atomic E-state index is -0.961. The number of thioether (sulfide) groups is 1. The van der Waals surface area contributed by atoms with Crippen LogP contribution in [0, 0.1) is 0 Å². The number of carboxylic acid groups (broad SMARTS) is 1. The standard InChI is InChI=1S/C6H10O3S/c1-5(4-7)10-3-2-6(8)9/h2-3,5,7H,4H2,1H3,(H,8,9)/b3-2+. The molecule has 0 amide bonds. The first-order valence-electron chi connectivity index (χ1n) is 2.82. The summed E-state index contributed by atoms with van der Waals surface area (Å²) in [6.45, 7) is 1.88. The first-order valence-corrected chi connectivity index (χ1v) is 3.77. The third-order valence-electron chi connectivity index (χ3n) is 0.779. The molecule has 2 N–H and O–H groups in total. The van der Waals surface area contributed by atoms with Gasteiger partial charge in [0.15, 0.2) is 0 Å². The number of aliphatic carboxylic acids is 1. The predicted molar refractivity (Wildman–Crippen MR) is 40.9 cm³/mol. The Morgan fingerprint density at radius 3 is 2.80 bits per heavy atom. The van der Waals surface area contributed by atoms with Gasteiger partial charge in [-0.05, 0) is 5.41 Å². The quantitative estimate of drug-likeness (QED) is 0.597. The number of hydrogen-bond donors (Lipinski definition) is 2. The molecular weight excluding hydrogens is 152 g/mol. The molecule has 4 heteroatoms. The molecule has 0 bridgehead atoms. The van der Waals surface area contributed by atoms with E-state index in [4.69, 9.17) is 10.2 Å². The van der Waals surface area contributed by atoms with Gasteiger partial charge in [-0.3, -0.25) is 0 Å². The van der Waals surface area contributed by atoms with Crippen LogP contribution in [0.3, 0.4) is 0 Å². The highest BCUT2D eigenvalue weighted by Crippen LogP contribution is 2.09. The van der Waals surface area contributed by atoms with E-state index in [-0.39, 0.29) is 11.9 Å². The summed E-state index contributed by atoms with van der Waals surface area (Å²) in [5, 5.41) is 18.2. The summed E-state index contributed by atoms with van der Waals surface area (Å²) in [5.74, 6) is -0.961. The Bertz CT molecular complexity index is 133. The van der Waals surface area contributed by atoms with Crippen LogP contribution in [0.5, 0.6) is 0 Å². The lowest BCUT2D eigenvalue weighted by Crippen LogP contribution is -1.99. The fraction of sp³-hybridized carbons (Fsp3) is 0.500. The van der Waals surface area contributed by atoms with Gasteiger partial charge in [0.05, 0.1) is 6.61 Å². The van der Waals surface area contributed by atoms with E-state index in [0.717, 1.165) is 6.08 Å². The number of aliphatic hydroxyl groups is 1. The molecule has 3 nitrogen and oxygen atoms in total. The summed E-state index contributed by atoms with van der Waals surface area (Å²) >= 11 is 1.29. The monoisotopic (exact) mass is 162 g/mol. The van der Waals surface area contributed by atoms with Crippen molar-refractivity contribution in [3.63, 3.8) is 0 Å². The lowest BCUT2D eigenvalue weighted by molar-refractivity contribution is -0.131. The van der Waals surface area contributed by atoms with Gasteiger partial charge < -0.3 is 10.2 Å². The van der Waals surface area contributed by atoms with Gasteiger partial charge in [-0.1, -0.05) is 6.92 Å². The van der Waals surface area contributed by atoms with Gasteiger partial charge in [-0.25, -0.2) is 4.79 Å². The van der Waals surface area contributed by atoms with E-state index >= 15 is 0 Å². The Kier molecular flexibility index (Phi) is 5.06. The second kappa shape index (κ2) is 5.32. The second-order valence-electron chi connectivity index (χ2n) is 1.77. The Balaban J connectivity index is 3.43. The van der Waals surface area contributed by atoms with Crippen molar-refractivity contribution in [2.24, 2.45) is 0 Å². The summed E-state index contributed by atoms with van der Waals surface area (Å²) in [6, 6.07) is 0. The van der Waals surface area contributed by atoms with E-state index in [9.17, 15) is 4.79 Å². The molecule has 0 aromatic heterocycles. The van der Waals surface area contributed by atoms with Crippen LogP contribution < -0.4 is 0 Å². The second-order valence-corrected chi connectivity index (χ2v) is 3.12. The zero-order valence-corrected chi connectivity index (χ0v) is 6.47. The zero-order valence-electron chi connectivity index (χ0n) is 5.65. The van der Waals surface area contributed by atoms with Crippen molar-refractivity contribution in [2.45, 2.75) is 12.2 Å². The number of carboxylic acids is 1. The van der Waals surface area contributed by atoms with Gasteiger partial charge in [0, 0.05) is 11.3 Å². The van der Waals surface area contributed by atoms with Crippen molar-refractivity contribution in [2.75, 3.05) is 6.61 Å². The highest BCUT2D eigenvalue weighted by molar-refractivity contribution is 8.02. The zero-order chi connectivity index (χ0) is 7.98. The normalized spacial score (nSPS) is 13.8. The number of carbonyl (C=O) groups is 1. The minimum Gasteiger partial charge on any atom is -0.478 e. The first-order chi connectivity index (χ1) is 4.66. The van der Waals surface area contributed by atoms with E-state index in [1.807, 2.05) is 6.92 Å². The molecule has 10 heavy (non-hydrogen) atoms. The molecule has 0 heterocycles. The van der Waals surface area contributed by atoms with Gasteiger partial charge >= 0.3 is 5.97 Å². The van der Waals surface area contributed by atoms with Gasteiger partial charge in [-0.2, -0.15) is 0 Å². The number of rotatable bonds is 4. The molecule has 0 radical (unpaired) electrons.